The van der Waals surface area contributed by atoms with E-state index in [1.165, 1.54) is 0 Å². The van der Waals surface area contributed by atoms with Crippen molar-refractivity contribution >= 4 is 11.0 Å². The molecule has 1 saturated heterocycles. The number of nitrogens with zero attached hydrogens (tertiary/aromatic N) is 1. The van der Waals surface area contributed by atoms with Crippen LogP contribution in [0.1, 0.15) is 11.4 Å². The van der Waals surface area contributed by atoms with Gasteiger partial charge in [0.2, 0.25) is 0 Å². The number of ether oxygens (including phenoxy) is 2. The topological polar surface area (TPSA) is 67.4 Å². The fraction of sp³-hybridized carbons (Fsp3) is 0.235. The zero-order valence-corrected chi connectivity index (χ0v) is 11.9. The maximum Gasteiger partial charge on any atom is 0.182 e. The van der Waals surface area contributed by atoms with Crippen molar-refractivity contribution in [2.24, 2.45) is 0 Å². The summed E-state index contributed by atoms with van der Waals surface area (Å²) in [6.45, 7) is 0.122. The fourth-order valence-electron chi connectivity index (χ4n) is 2.86. The molecule has 0 amide bonds. The van der Waals surface area contributed by atoms with Gasteiger partial charge in [-0.2, -0.15) is 0 Å². The summed E-state index contributed by atoms with van der Waals surface area (Å²) in [6.07, 6.45) is -0.645. The van der Waals surface area contributed by atoms with Gasteiger partial charge >= 0.3 is 0 Å². The Labute approximate surface area is 127 Å². The molecular formula is C17H16N2O3. The Morgan fingerprint density at radius 3 is 2.64 bits per heavy atom. The SMILES string of the molecule is OC[C@@H]1OC[C@](c2ccccc2)(c2nc3ccccc3[nH]2)O1. The number of hydrogen-bond donors (Lipinski definition) is 2. The van der Waals surface area contributed by atoms with Crippen LogP contribution in [-0.4, -0.2) is 34.6 Å². The van der Waals surface area contributed by atoms with E-state index in [9.17, 15) is 5.11 Å². The van der Waals surface area contributed by atoms with E-state index >= 15 is 0 Å². The zero-order valence-electron chi connectivity index (χ0n) is 11.9. The minimum atomic E-state index is -0.826. The first kappa shape index (κ1) is 13.5. The summed E-state index contributed by atoms with van der Waals surface area (Å²) < 4.78 is 11.6. The Morgan fingerprint density at radius 1 is 1.14 bits per heavy atom. The summed E-state index contributed by atoms with van der Waals surface area (Å²) in [7, 11) is 0. The van der Waals surface area contributed by atoms with Crippen LogP contribution in [0.15, 0.2) is 54.6 Å². The van der Waals surface area contributed by atoms with E-state index in [1.54, 1.807) is 0 Å². The Morgan fingerprint density at radius 2 is 1.91 bits per heavy atom. The van der Waals surface area contributed by atoms with Crippen molar-refractivity contribution < 1.29 is 14.6 Å². The van der Waals surface area contributed by atoms with Gasteiger partial charge in [0, 0.05) is 0 Å². The molecular weight excluding hydrogens is 280 g/mol. The molecule has 0 aliphatic carbocycles. The first-order chi connectivity index (χ1) is 10.8. The summed E-state index contributed by atoms with van der Waals surface area (Å²) in [5.74, 6) is 0.691. The van der Waals surface area contributed by atoms with Gasteiger partial charge in [0.1, 0.15) is 5.82 Å². The van der Waals surface area contributed by atoms with Crippen molar-refractivity contribution in [1.29, 1.82) is 0 Å². The number of aliphatic hydroxyl groups excluding tert-OH is 1. The molecule has 0 saturated carbocycles. The number of para-hydroxylation sites is 2. The standard InChI is InChI=1S/C17H16N2O3/c20-10-15-21-11-17(22-15,12-6-2-1-3-7-12)16-18-13-8-4-5-9-14(13)19-16/h1-9,15,20H,10-11H2,(H,18,19)/t15-,17+/m1/s1. The maximum absolute atomic E-state index is 9.35. The van der Waals surface area contributed by atoms with Gasteiger partial charge in [-0.05, 0) is 17.7 Å². The van der Waals surface area contributed by atoms with Crippen LogP contribution in [-0.2, 0) is 15.1 Å². The number of aromatic amines is 1. The lowest BCUT2D eigenvalue weighted by molar-refractivity contribution is -0.107. The Bertz CT molecular complexity index is 754. The number of H-pyrrole nitrogens is 1. The molecule has 1 aliphatic rings. The number of fused-ring (bicyclic) bond motifs is 1. The van der Waals surface area contributed by atoms with Crippen molar-refractivity contribution in [3.63, 3.8) is 0 Å². The molecule has 1 fully saturated rings. The van der Waals surface area contributed by atoms with Crippen LogP contribution < -0.4 is 0 Å². The van der Waals surface area contributed by atoms with Gasteiger partial charge in [-0.3, -0.25) is 0 Å². The first-order valence-corrected chi connectivity index (χ1v) is 7.23. The predicted octanol–water partition coefficient (Wildman–Crippen LogP) is 2.17. The van der Waals surface area contributed by atoms with Crippen molar-refractivity contribution in [3.05, 3.63) is 66.0 Å². The third-order valence-electron chi connectivity index (χ3n) is 3.97. The molecule has 5 heteroatoms. The zero-order chi connectivity index (χ0) is 15.0. The average Bonchev–Trinajstić information content (AvgIpc) is 3.20. The van der Waals surface area contributed by atoms with Crippen molar-refractivity contribution in [3.8, 4) is 0 Å². The van der Waals surface area contributed by atoms with Crippen LogP contribution in [0.3, 0.4) is 0 Å². The molecule has 1 aliphatic heterocycles. The molecule has 0 spiro atoms. The Kier molecular flexibility index (Phi) is 3.18. The molecule has 3 aromatic rings. The molecule has 112 valence electrons. The number of benzene rings is 2. The van der Waals surface area contributed by atoms with Gasteiger partial charge in [0.05, 0.1) is 24.2 Å². The van der Waals surface area contributed by atoms with Crippen molar-refractivity contribution in [2.75, 3.05) is 13.2 Å². The van der Waals surface area contributed by atoms with E-state index in [0.29, 0.717) is 12.4 Å². The largest absolute Gasteiger partial charge is 0.391 e. The van der Waals surface area contributed by atoms with Gasteiger partial charge in [-0.1, -0.05) is 42.5 Å². The number of rotatable bonds is 3. The van der Waals surface area contributed by atoms with Crippen LogP contribution in [0.5, 0.6) is 0 Å². The van der Waals surface area contributed by atoms with Gasteiger partial charge < -0.3 is 19.6 Å². The number of aromatic nitrogens is 2. The smallest absolute Gasteiger partial charge is 0.182 e. The van der Waals surface area contributed by atoms with E-state index in [-0.39, 0.29) is 6.61 Å². The number of aliphatic hydroxyl groups is 1. The normalized spacial score (nSPS) is 24.9. The highest BCUT2D eigenvalue weighted by molar-refractivity contribution is 5.75. The second-order valence-electron chi connectivity index (χ2n) is 5.34. The van der Waals surface area contributed by atoms with Crippen LogP contribution in [0.2, 0.25) is 0 Å². The molecule has 0 radical (unpaired) electrons. The van der Waals surface area contributed by atoms with Crippen molar-refractivity contribution in [1.82, 2.24) is 9.97 Å². The second kappa shape index (κ2) is 5.21. The third kappa shape index (κ3) is 2.02. The minimum Gasteiger partial charge on any atom is -0.391 e. The van der Waals surface area contributed by atoms with Gasteiger partial charge in [0.25, 0.3) is 0 Å². The number of nitrogens with one attached hydrogen (secondary N) is 1. The highest BCUT2D eigenvalue weighted by Crippen LogP contribution is 2.39. The minimum absolute atomic E-state index is 0.186. The summed E-state index contributed by atoms with van der Waals surface area (Å²) in [6, 6.07) is 17.7. The van der Waals surface area contributed by atoms with Gasteiger partial charge in [-0.15, -0.1) is 0 Å². The predicted molar refractivity (Wildman–Crippen MR) is 81.2 cm³/mol. The molecule has 2 heterocycles. The summed E-state index contributed by atoms with van der Waals surface area (Å²) >= 11 is 0. The van der Waals surface area contributed by atoms with Crippen LogP contribution >= 0.6 is 0 Å². The summed E-state index contributed by atoms with van der Waals surface area (Å²) in [4.78, 5) is 7.99. The van der Waals surface area contributed by atoms with E-state index in [2.05, 4.69) is 9.97 Å². The maximum atomic E-state index is 9.35. The van der Waals surface area contributed by atoms with Gasteiger partial charge in [0.15, 0.2) is 11.9 Å². The monoisotopic (exact) mass is 296 g/mol. The molecule has 2 aromatic carbocycles. The third-order valence-corrected chi connectivity index (χ3v) is 3.97. The molecule has 0 unspecified atom stereocenters. The Hall–Kier alpha value is -2.21. The lowest BCUT2D eigenvalue weighted by Crippen LogP contribution is -2.32. The number of hydrogen-bond acceptors (Lipinski definition) is 4. The van der Waals surface area contributed by atoms with E-state index in [1.807, 2.05) is 54.6 Å². The van der Waals surface area contributed by atoms with E-state index in [0.717, 1.165) is 16.6 Å². The average molecular weight is 296 g/mol. The number of imidazole rings is 1. The molecule has 2 N–H and O–H groups in total. The fourth-order valence-corrected chi connectivity index (χ4v) is 2.86. The molecule has 0 bridgehead atoms. The summed E-state index contributed by atoms with van der Waals surface area (Å²) in [5.41, 5.74) is 1.95. The van der Waals surface area contributed by atoms with E-state index < -0.39 is 11.9 Å². The molecule has 1 aromatic heterocycles. The highest BCUT2D eigenvalue weighted by Gasteiger charge is 2.46. The van der Waals surface area contributed by atoms with Crippen LogP contribution in [0, 0.1) is 0 Å². The second-order valence-corrected chi connectivity index (χ2v) is 5.34. The molecule has 5 nitrogen and oxygen atoms in total. The van der Waals surface area contributed by atoms with Crippen LogP contribution in [0.4, 0.5) is 0 Å². The van der Waals surface area contributed by atoms with Crippen LogP contribution in [0.25, 0.3) is 11.0 Å². The lowest BCUT2D eigenvalue weighted by atomic mass is 9.94. The highest BCUT2D eigenvalue weighted by atomic mass is 16.7. The molecule has 2 atom stereocenters. The first-order valence-electron chi connectivity index (χ1n) is 7.23. The lowest BCUT2D eigenvalue weighted by Gasteiger charge is -2.25. The summed E-state index contributed by atoms with van der Waals surface area (Å²) in [5, 5.41) is 9.35. The van der Waals surface area contributed by atoms with Gasteiger partial charge in [-0.25, -0.2) is 4.98 Å². The Balaban J connectivity index is 1.87. The van der Waals surface area contributed by atoms with Crippen molar-refractivity contribution in [2.45, 2.75) is 11.9 Å². The molecule has 4 rings (SSSR count). The quantitative estimate of drug-likeness (QED) is 0.777. The van der Waals surface area contributed by atoms with E-state index in [4.69, 9.17) is 9.47 Å². The molecule has 22 heavy (non-hydrogen) atoms.